The molecule has 0 atom stereocenters. The molecule has 1 aromatic rings. The molecule has 1 saturated carbocycles. The number of piperidine rings is 1. The number of likely N-dealkylation sites (tertiary alicyclic amines) is 1. The molecule has 3 rings (SSSR count). The Kier molecular flexibility index (Phi) is 3.09. The van der Waals surface area contributed by atoms with Crippen molar-refractivity contribution in [3.8, 4) is 0 Å². The van der Waals surface area contributed by atoms with Gasteiger partial charge in [0.2, 0.25) is 0 Å². The molecule has 1 saturated heterocycles. The molecule has 2 N–H and O–H groups in total. The van der Waals surface area contributed by atoms with Crippen molar-refractivity contribution < 1.29 is 0 Å². The molecule has 2 aliphatic rings. The number of anilines is 1. The minimum absolute atomic E-state index is 0.440. The molecule has 19 heavy (non-hydrogen) atoms. The van der Waals surface area contributed by atoms with Gasteiger partial charge in [0.15, 0.2) is 0 Å². The number of benzene rings is 1. The summed E-state index contributed by atoms with van der Waals surface area (Å²) in [4.78, 5) is 2.68. The second kappa shape index (κ2) is 4.52. The van der Waals surface area contributed by atoms with Gasteiger partial charge in [-0.25, -0.2) is 0 Å². The molecule has 0 unspecified atom stereocenters. The average Bonchev–Trinajstić information content (AvgIpc) is 3.14. The molecule has 104 valence electrons. The topological polar surface area (TPSA) is 29.3 Å². The zero-order valence-electron chi connectivity index (χ0n) is 12.3. The van der Waals surface area contributed by atoms with Crippen molar-refractivity contribution in [2.75, 3.05) is 25.4 Å². The summed E-state index contributed by atoms with van der Waals surface area (Å²) < 4.78 is 0. The first kappa shape index (κ1) is 13.0. The fraction of sp³-hybridized carbons (Fsp3) is 0.647. The standard InChI is InChI=1S/C17H26N2/c1-16(2)9-11-19(12-10-16)13-17(7-8-17)14-3-5-15(18)6-4-14/h3-6H,7-13,18H2,1-2H3. The van der Waals surface area contributed by atoms with Crippen molar-refractivity contribution in [3.05, 3.63) is 29.8 Å². The lowest BCUT2D eigenvalue weighted by Gasteiger charge is -2.38. The number of nitrogens with two attached hydrogens (primary N) is 1. The Morgan fingerprint density at radius 3 is 2.11 bits per heavy atom. The highest BCUT2D eigenvalue weighted by Gasteiger charge is 2.45. The summed E-state index contributed by atoms with van der Waals surface area (Å²) in [6.07, 6.45) is 5.36. The van der Waals surface area contributed by atoms with Gasteiger partial charge in [-0.1, -0.05) is 26.0 Å². The van der Waals surface area contributed by atoms with Gasteiger partial charge in [-0.05, 0) is 61.9 Å². The third kappa shape index (κ3) is 2.79. The van der Waals surface area contributed by atoms with Gasteiger partial charge in [0.05, 0.1) is 0 Å². The summed E-state index contributed by atoms with van der Waals surface area (Å²) in [7, 11) is 0. The van der Waals surface area contributed by atoms with Crippen LogP contribution in [0.3, 0.4) is 0 Å². The van der Waals surface area contributed by atoms with E-state index in [1.54, 1.807) is 0 Å². The highest BCUT2D eigenvalue weighted by Crippen LogP contribution is 2.49. The molecule has 0 spiro atoms. The molecule has 2 fully saturated rings. The van der Waals surface area contributed by atoms with Crippen molar-refractivity contribution in [3.63, 3.8) is 0 Å². The van der Waals surface area contributed by atoms with E-state index in [1.165, 1.54) is 50.9 Å². The van der Waals surface area contributed by atoms with Crippen LogP contribution in [0.2, 0.25) is 0 Å². The molecule has 0 amide bonds. The van der Waals surface area contributed by atoms with Gasteiger partial charge >= 0.3 is 0 Å². The Morgan fingerprint density at radius 1 is 1.00 bits per heavy atom. The normalized spacial score (nSPS) is 25.2. The Hall–Kier alpha value is -1.02. The molecule has 0 radical (unpaired) electrons. The van der Waals surface area contributed by atoms with Gasteiger partial charge < -0.3 is 10.6 Å². The fourth-order valence-electron chi connectivity index (χ4n) is 3.27. The summed E-state index contributed by atoms with van der Waals surface area (Å²) in [5.41, 5.74) is 9.15. The van der Waals surface area contributed by atoms with Gasteiger partial charge in [0, 0.05) is 17.6 Å². The van der Waals surface area contributed by atoms with E-state index in [2.05, 4.69) is 43.0 Å². The number of rotatable bonds is 3. The lowest BCUT2D eigenvalue weighted by molar-refractivity contribution is 0.123. The summed E-state index contributed by atoms with van der Waals surface area (Å²) >= 11 is 0. The molecular formula is C17H26N2. The zero-order valence-corrected chi connectivity index (χ0v) is 12.3. The SMILES string of the molecule is CC1(C)CCN(CC2(c3ccc(N)cc3)CC2)CC1. The van der Waals surface area contributed by atoms with Crippen molar-refractivity contribution in [2.24, 2.45) is 5.41 Å². The monoisotopic (exact) mass is 258 g/mol. The summed E-state index contributed by atoms with van der Waals surface area (Å²) in [5.74, 6) is 0. The highest BCUT2D eigenvalue weighted by molar-refractivity contribution is 5.43. The van der Waals surface area contributed by atoms with Gasteiger partial charge in [0.1, 0.15) is 0 Å². The minimum atomic E-state index is 0.440. The first-order valence-electron chi connectivity index (χ1n) is 7.58. The summed E-state index contributed by atoms with van der Waals surface area (Å²) in [5, 5.41) is 0. The van der Waals surface area contributed by atoms with E-state index in [4.69, 9.17) is 5.73 Å². The Balaban J connectivity index is 1.65. The van der Waals surface area contributed by atoms with Gasteiger partial charge in [-0.3, -0.25) is 0 Å². The molecule has 1 heterocycles. The Morgan fingerprint density at radius 2 is 1.58 bits per heavy atom. The van der Waals surface area contributed by atoms with Crippen LogP contribution in [0.1, 0.15) is 45.1 Å². The number of nitrogens with zero attached hydrogens (tertiary/aromatic N) is 1. The molecular weight excluding hydrogens is 232 g/mol. The van der Waals surface area contributed by atoms with Gasteiger partial charge in [-0.15, -0.1) is 0 Å². The molecule has 1 aromatic carbocycles. The third-order valence-electron chi connectivity index (χ3n) is 5.11. The first-order valence-corrected chi connectivity index (χ1v) is 7.58. The molecule has 0 bridgehead atoms. The molecule has 2 heteroatoms. The summed E-state index contributed by atoms with van der Waals surface area (Å²) in [6, 6.07) is 8.57. The molecule has 2 nitrogen and oxygen atoms in total. The van der Waals surface area contributed by atoms with E-state index >= 15 is 0 Å². The largest absolute Gasteiger partial charge is 0.399 e. The van der Waals surface area contributed by atoms with Crippen LogP contribution in [0.5, 0.6) is 0 Å². The zero-order chi connectivity index (χ0) is 13.5. The van der Waals surface area contributed by atoms with Crippen LogP contribution in [0.25, 0.3) is 0 Å². The van der Waals surface area contributed by atoms with Crippen LogP contribution < -0.4 is 5.73 Å². The number of hydrogen-bond acceptors (Lipinski definition) is 2. The molecule has 1 aliphatic carbocycles. The predicted octanol–water partition coefficient (Wildman–Crippen LogP) is 3.42. The predicted molar refractivity (Wildman–Crippen MR) is 81.2 cm³/mol. The van der Waals surface area contributed by atoms with Crippen LogP contribution in [0.4, 0.5) is 5.69 Å². The van der Waals surface area contributed by atoms with Crippen LogP contribution in [-0.2, 0) is 5.41 Å². The van der Waals surface area contributed by atoms with E-state index in [-0.39, 0.29) is 0 Å². The first-order chi connectivity index (χ1) is 8.99. The maximum atomic E-state index is 5.79. The van der Waals surface area contributed by atoms with Crippen LogP contribution in [0.15, 0.2) is 24.3 Å². The van der Waals surface area contributed by atoms with Crippen LogP contribution in [0, 0.1) is 5.41 Å². The van der Waals surface area contributed by atoms with Gasteiger partial charge in [-0.2, -0.15) is 0 Å². The van der Waals surface area contributed by atoms with Crippen molar-refractivity contribution >= 4 is 5.69 Å². The number of hydrogen-bond donors (Lipinski definition) is 1. The molecule has 1 aliphatic heterocycles. The van der Waals surface area contributed by atoms with E-state index in [9.17, 15) is 0 Å². The van der Waals surface area contributed by atoms with E-state index in [1.807, 2.05) is 0 Å². The van der Waals surface area contributed by atoms with Crippen molar-refractivity contribution in [1.29, 1.82) is 0 Å². The lowest BCUT2D eigenvalue weighted by atomic mass is 9.82. The lowest BCUT2D eigenvalue weighted by Crippen LogP contribution is -2.41. The van der Waals surface area contributed by atoms with Crippen molar-refractivity contribution in [2.45, 2.75) is 44.9 Å². The van der Waals surface area contributed by atoms with Gasteiger partial charge in [0.25, 0.3) is 0 Å². The second-order valence-electron chi connectivity index (χ2n) is 7.34. The van der Waals surface area contributed by atoms with E-state index in [0.29, 0.717) is 10.8 Å². The third-order valence-corrected chi connectivity index (χ3v) is 5.11. The minimum Gasteiger partial charge on any atom is -0.399 e. The second-order valence-corrected chi connectivity index (χ2v) is 7.34. The maximum absolute atomic E-state index is 5.79. The average molecular weight is 258 g/mol. The summed E-state index contributed by atoms with van der Waals surface area (Å²) in [6.45, 7) is 8.58. The molecule has 0 aromatic heterocycles. The fourth-order valence-corrected chi connectivity index (χ4v) is 3.27. The Bertz CT molecular complexity index is 433. The number of nitrogen functional groups attached to an aromatic ring is 1. The van der Waals surface area contributed by atoms with Crippen molar-refractivity contribution in [1.82, 2.24) is 4.90 Å². The van der Waals surface area contributed by atoms with Crippen LogP contribution >= 0.6 is 0 Å². The van der Waals surface area contributed by atoms with Crippen LogP contribution in [-0.4, -0.2) is 24.5 Å². The quantitative estimate of drug-likeness (QED) is 0.842. The maximum Gasteiger partial charge on any atom is 0.0314 e. The highest BCUT2D eigenvalue weighted by atomic mass is 15.1. The van der Waals surface area contributed by atoms with E-state index in [0.717, 1.165) is 5.69 Å². The Labute approximate surface area is 117 Å². The smallest absolute Gasteiger partial charge is 0.0314 e. The van der Waals surface area contributed by atoms with E-state index < -0.39 is 0 Å².